The first-order valence-corrected chi connectivity index (χ1v) is 12.7. The van der Waals surface area contributed by atoms with Crippen LogP contribution in [-0.2, 0) is 17.8 Å². The van der Waals surface area contributed by atoms with Gasteiger partial charge >= 0.3 is 0 Å². The molecule has 1 aliphatic rings. The number of benzene rings is 2. The molecule has 1 aromatic heterocycles. The van der Waals surface area contributed by atoms with Crippen molar-refractivity contribution in [3.05, 3.63) is 68.7 Å². The number of amides is 1. The molecular weight excluding hydrogens is 460 g/mol. The molecule has 0 spiro atoms. The van der Waals surface area contributed by atoms with Gasteiger partial charge < -0.3 is 19.9 Å². The Morgan fingerprint density at radius 3 is 2.63 bits per heavy atom. The van der Waals surface area contributed by atoms with Crippen molar-refractivity contribution in [3.8, 4) is 0 Å². The third kappa shape index (κ3) is 6.00. The van der Waals surface area contributed by atoms with Crippen LogP contribution < -0.4 is 15.8 Å². The number of anilines is 1. The van der Waals surface area contributed by atoms with Gasteiger partial charge in [0.1, 0.15) is 0 Å². The summed E-state index contributed by atoms with van der Waals surface area (Å²) in [5.74, 6) is -0.195. The van der Waals surface area contributed by atoms with Gasteiger partial charge in [-0.3, -0.25) is 14.2 Å². The number of carbonyl (C=O) groups is 1. The predicted molar refractivity (Wildman–Crippen MR) is 143 cm³/mol. The van der Waals surface area contributed by atoms with Gasteiger partial charge in [0.15, 0.2) is 4.77 Å². The number of aromatic amines is 1. The van der Waals surface area contributed by atoms with E-state index < -0.39 is 0 Å². The number of H-pyrrole nitrogens is 1. The van der Waals surface area contributed by atoms with Crippen molar-refractivity contribution in [3.63, 3.8) is 0 Å². The zero-order valence-corrected chi connectivity index (χ0v) is 21.3. The second-order valence-corrected chi connectivity index (χ2v) is 9.63. The molecular formula is C27H34N4O3S. The molecule has 1 heterocycles. The highest BCUT2D eigenvalue weighted by Crippen LogP contribution is 2.26. The Hall–Kier alpha value is -2.97. The Balaban J connectivity index is 1.40. The Bertz CT molecular complexity index is 1280. The number of nitrogens with zero attached hydrogens (tertiary/aromatic N) is 2. The van der Waals surface area contributed by atoms with E-state index in [2.05, 4.69) is 46.5 Å². The van der Waals surface area contributed by atoms with E-state index in [0.29, 0.717) is 53.4 Å². The van der Waals surface area contributed by atoms with E-state index in [-0.39, 0.29) is 11.5 Å². The van der Waals surface area contributed by atoms with Crippen LogP contribution in [0.15, 0.2) is 47.3 Å². The number of hydrogen-bond acceptors (Lipinski definition) is 5. The van der Waals surface area contributed by atoms with Crippen molar-refractivity contribution >= 4 is 34.7 Å². The predicted octanol–water partition coefficient (Wildman–Crippen LogP) is 4.79. The fourth-order valence-electron chi connectivity index (χ4n) is 4.78. The molecule has 0 aliphatic heterocycles. The number of nitrogens with one attached hydrogen (secondary N) is 2. The second-order valence-electron chi connectivity index (χ2n) is 9.25. The summed E-state index contributed by atoms with van der Waals surface area (Å²) in [7, 11) is 3.80. The van der Waals surface area contributed by atoms with E-state index in [0.717, 1.165) is 5.56 Å². The topological polar surface area (TPSA) is 79.4 Å². The Labute approximate surface area is 211 Å². The standard InChI is InChI=1S/C27H34N4O3S/c1-30(21-7-4-3-5-8-21)22-12-9-19(10-13-22)18-28-25(32)20-11-14-23-24(17-20)29-27(35)31(26(23)33)15-6-16-34-2/h9-14,17,21H,3-8,15-16,18H2,1-2H3,(H,28,32)(H,29,35). The number of fused-ring (bicyclic) bond motifs is 1. The summed E-state index contributed by atoms with van der Waals surface area (Å²) < 4.78 is 6.94. The van der Waals surface area contributed by atoms with E-state index in [9.17, 15) is 9.59 Å². The minimum Gasteiger partial charge on any atom is -0.385 e. The highest BCUT2D eigenvalue weighted by Gasteiger charge is 2.18. The maximum atomic E-state index is 12.8. The summed E-state index contributed by atoms with van der Waals surface area (Å²) in [6.45, 7) is 1.47. The lowest BCUT2D eigenvalue weighted by Gasteiger charge is -2.33. The number of aromatic nitrogens is 2. The highest BCUT2D eigenvalue weighted by atomic mass is 32.1. The first kappa shape index (κ1) is 25.1. The average Bonchev–Trinajstić information content (AvgIpc) is 2.89. The molecule has 1 amide bonds. The summed E-state index contributed by atoms with van der Waals surface area (Å²) >= 11 is 5.37. The molecule has 4 rings (SSSR count). The van der Waals surface area contributed by atoms with Crippen LogP contribution in [0, 0.1) is 4.77 Å². The molecule has 8 heteroatoms. The smallest absolute Gasteiger partial charge is 0.262 e. The lowest BCUT2D eigenvalue weighted by Crippen LogP contribution is -2.33. The van der Waals surface area contributed by atoms with Gasteiger partial charge in [-0.05, 0) is 67.4 Å². The van der Waals surface area contributed by atoms with Gasteiger partial charge in [0, 0.05) is 51.1 Å². The van der Waals surface area contributed by atoms with Crippen LogP contribution in [0.25, 0.3) is 10.9 Å². The number of carbonyl (C=O) groups excluding carboxylic acids is 1. The monoisotopic (exact) mass is 494 g/mol. The van der Waals surface area contributed by atoms with Gasteiger partial charge in [0.25, 0.3) is 11.5 Å². The molecule has 35 heavy (non-hydrogen) atoms. The molecule has 0 atom stereocenters. The van der Waals surface area contributed by atoms with Crippen molar-refractivity contribution in [1.29, 1.82) is 0 Å². The lowest BCUT2D eigenvalue weighted by molar-refractivity contribution is 0.0951. The van der Waals surface area contributed by atoms with Crippen LogP contribution in [0.3, 0.4) is 0 Å². The summed E-state index contributed by atoms with van der Waals surface area (Å²) in [4.78, 5) is 31.1. The maximum absolute atomic E-state index is 12.8. The molecule has 186 valence electrons. The number of ether oxygens (including phenoxy) is 1. The van der Waals surface area contributed by atoms with Crippen LogP contribution >= 0.6 is 12.2 Å². The summed E-state index contributed by atoms with van der Waals surface area (Å²) in [6, 6.07) is 14.1. The van der Waals surface area contributed by atoms with E-state index in [1.807, 2.05) is 0 Å². The zero-order valence-electron chi connectivity index (χ0n) is 20.5. The number of rotatable bonds is 9. The minimum atomic E-state index is -0.195. The first-order chi connectivity index (χ1) is 17.0. The van der Waals surface area contributed by atoms with E-state index >= 15 is 0 Å². The van der Waals surface area contributed by atoms with Crippen LogP contribution in [-0.4, -0.2) is 42.3 Å². The Kier molecular flexibility index (Phi) is 8.36. The number of hydrogen-bond donors (Lipinski definition) is 2. The Morgan fingerprint density at radius 1 is 1.17 bits per heavy atom. The van der Waals surface area contributed by atoms with Crippen molar-refractivity contribution < 1.29 is 9.53 Å². The van der Waals surface area contributed by atoms with E-state index in [1.165, 1.54) is 42.4 Å². The van der Waals surface area contributed by atoms with Gasteiger partial charge in [-0.25, -0.2) is 0 Å². The molecule has 3 aromatic rings. The molecule has 0 saturated heterocycles. The zero-order chi connectivity index (χ0) is 24.8. The molecule has 1 fully saturated rings. The summed E-state index contributed by atoms with van der Waals surface area (Å²) in [5, 5.41) is 3.48. The van der Waals surface area contributed by atoms with Crippen LogP contribution in [0.5, 0.6) is 0 Å². The van der Waals surface area contributed by atoms with Crippen LogP contribution in [0.2, 0.25) is 0 Å². The molecule has 0 radical (unpaired) electrons. The van der Waals surface area contributed by atoms with Crippen molar-refractivity contribution in [1.82, 2.24) is 14.9 Å². The van der Waals surface area contributed by atoms with Gasteiger partial charge in [-0.15, -0.1) is 0 Å². The minimum absolute atomic E-state index is 0.162. The molecule has 0 unspecified atom stereocenters. The van der Waals surface area contributed by atoms with Gasteiger partial charge in [0.05, 0.1) is 10.9 Å². The molecule has 2 aromatic carbocycles. The van der Waals surface area contributed by atoms with Crippen molar-refractivity contribution in [2.75, 3.05) is 25.7 Å². The number of methoxy groups -OCH3 is 1. The molecule has 1 aliphatic carbocycles. The lowest BCUT2D eigenvalue weighted by atomic mass is 9.94. The van der Waals surface area contributed by atoms with Gasteiger partial charge in [-0.1, -0.05) is 31.4 Å². The summed E-state index contributed by atoms with van der Waals surface area (Å²) in [6.07, 6.45) is 7.17. The molecule has 2 N–H and O–H groups in total. The quantitative estimate of drug-likeness (QED) is 0.330. The van der Waals surface area contributed by atoms with Crippen molar-refractivity contribution in [2.45, 2.75) is 57.7 Å². The molecule has 1 saturated carbocycles. The normalized spacial score (nSPS) is 14.2. The van der Waals surface area contributed by atoms with Crippen molar-refractivity contribution in [2.24, 2.45) is 0 Å². The fraction of sp³-hybridized carbons (Fsp3) is 0.444. The largest absolute Gasteiger partial charge is 0.385 e. The first-order valence-electron chi connectivity index (χ1n) is 12.3. The molecule has 0 bridgehead atoms. The SMILES string of the molecule is COCCCn1c(=S)[nH]c2cc(C(=O)NCc3ccc(N(C)C4CCCCC4)cc3)ccc2c1=O. The summed E-state index contributed by atoms with van der Waals surface area (Å²) in [5.41, 5.74) is 3.13. The van der Waals surface area contributed by atoms with Crippen LogP contribution in [0.4, 0.5) is 5.69 Å². The van der Waals surface area contributed by atoms with Gasteiger partial charge in [0.2, 0.25) is 0 Å². The fourth-order valence-corrected chi connectivity index (χ4v) is 5.06. The third-order valence-electron chi connectivity index (χ3n) is 6.89. The molecule has 7 nitrogen and oxygen atoms in total. The van der Waals surface area contributed by atoms with E-state index in [4.69, 9.17) is 17.0 Å². The Morgan fingerprint density at radius 2 is 1.91 bits per heavy atom. The van der Waals surface area contributed by atoms with Crippen LogP contribution in [0.1, 0.15) is 54.4 Å². The average molecular weight is 495 g/mol. The van der Waals surface area contributed by atoms with E-state index in [1.54, 1.807) is 25.3 Å². The highest BCUT2D eigenvalue weighted by molar-refractivity contribution is 7.71. The second kappa shape index (κ2) is 11.6. The third-order valence-corrected chi connectivity index (χ3v) is 7.22. The maximum Gasteiger partial charge on any atom is 0.262 e. The van der Waals surface area contributed by atoms with Gasteiger partial charge in [-0.2, -0.15) is 0 Å².